The molecule has 4 rings (SSSR count). The van der Waals surface area contributed by atoms with E-state index in [1.54, 1.807) is 41.3 Å². The number of hydrogen-bond acceptors (Lipinski definition) is 5. The summed E-state index contributed by atoms with van der Waals surface area (Å²) >= 11 is 0. The van der Waals surface area contributed by atoms with Crippen molar-refractivity contribution >= 4 is 39.1 Å². The van der Waals surface area contributed by atoms with Crippen molar-refractivity contribution in [2.24, 2.45) is 5.92 Å². The molecule has 180 valence electrons. The van der Waals surface area contributed by atoms with E-state index in [-0.39, 0.29) is 47.7 Å². The molecule has 2 aromatic carbocycles. The van der Waals surface area contributed by atoms with Crippen molar-refractivity contribution < 1.29 is 22.8 Å². The lowest BCUT2D eigenvalue weighted by Crippen LogP contribution is -2.34. The summed E-state index contributed by atoms with van der Waals surface area (Å²) in [7, 11) is -3.76. The third-order valence-electron chi connectivity index (χ3n) is 5.98. The smallest absolute Gasteiger partial charge is 0.251 e. The molecule has 1 heterocycles. The first-order valence-electron chi connectivity index (χ1n) is 11.3. The van der Waals surface area contributed by atoms with Gasteiger partial charge in [-0.3, -0.25) is 14.4 Å². The van der Waals surface area contributed by atoms with Gasteiger partial charge in [0.15, 0.2) is 0 Å². The molecule has 1 atom stereocenters. The van der Waals surface area contributed by atoms with Crippen LogP contribution in [0.15, 0.2) is 47.4 Å². The fourth-order valence-electron chi connectivity index (χ4n) is 4.10. The Bertz CT molecular complexity index is 1220. The minimum Gasteiger partial charge on any atom is -0.351 e. The van der Waals surface area contributed by atoms with E-state index >= 15 is 0 Å². The van der Waals surface area contributed by atoms with E-state index in [0.717, 1.165) is 24.1 Å². The van der Waals surface area contributed by atoms with Gasteiger partial charge >= 0.3 is 0 Å². The lowest BCUT2D eigenvalue weighted by Gasteiger charge is -2.20. The van der Waals surface area contributed by atoms with E-state index in [1.807, 2.05) is 6.92 Å². The Balaban J connectivity index is 1.28. The number of fused-ring (bicyclic) bond motifs is 1. The van der Waals surface area contributed by atoms with E-state index in [0.29, 0.717) is 17.7 Å². The molecule has 0 radical (unpaired) electrons. The molecule has 2 aliphatic rings. The second-order valence-electron chi connectivity index (χ2n) is 8.73. The maximum atomic E-state index is 12.7. The van der Waals surface area contributed by atoms with Gasteiger partial charge < -0.3 is 15.5 Å². The van der Waals surface area contributed by atoms with Crippen molar-refractivity contribution in [2.75, 3.05) is 23.3 Å². The molecule has 1 fully saturated rings. The number of carbonyl (C=O) groups is 3. The molecular weight excluding hydrogens is 456 g/mol. The van der Waals surface area contributed by atoms with Crippen molar-refractivity contribution in [2.45, 2.75) is 44.0 Å². The second kappa shape index (κ2) is 9.55. The molecule has 0 aromatic heterocycles. The molecule has 0 bridgehead atoms. The van der Waals surface area contributed by atoms with Gasteiger partial charge in [-0.2, -0.15) is 0 Å². The van der Waals surface area contributed by atoms with E-state index in [1.165, 1.54) is 13.0 Å². The van der Waals surface area contributed by atoms with Crippen molar-refractivity contribution in [1.82, 2.24) is 10.0 Å². The van der Waals surface area contributed by atoms with Crippen molar-refractivity contribution in [1.29, 1.82) is 0 Å². The van der Waals surface area contributed by atoms with E-state index in [4.69, 9.17) is 0 Å². The van der Waals surface area contributed by atoms with Crippen LogP contribution in [0.2, 0.25) is 0 Å². The van der Waals surface area contributed by atoms with Crippen LogP contribution in [0.5, 0.6) is 0 Å². The van der Waals surface area contributed by atoms with Gasteiger partial charge in [0.05, 0.1) is 4.90 Å². The predicted molar refractivity (Wildman–Crippen MR) is 128 cm³/mol. The Labute approximate surface area is 199 Å². The molecule has 0 saturated heterocycles. The zero-order valence-electron chi connectivity index (χ0n) is 19.1. The largest absolute Gasteiger partial charge is 0.351 e. The monoisotopic (exact) mass is 484 g/mol. The van der Waals surface area contributed by atoms with Crippen molar-refractivity contribution in [3.05, 3.63) is 53.6 Å². The van der Waals surface area contributed by atoms with Crippen LogP contribution < -0.4 is 20.3 Å². The molecule has 0 spiro atoms. The number of sulfonamides is 1. The maximum Gasteiger partial charge on any atom is 0.251 e. The van der Waals surface area contributed by atoms with Crippen LogP contribution in [0.25, 0.3) is 0 Å². The average molecular weight is 485 g/mol. The van der Waals surface area contributed by atoms with Crippen LogP contribution in [0.1, 0.15) is 42.6 Å². The molecule has 1 saturated carbocycles. The first kappa shape index (κ1) is 23.9. The topological polar surface area (TPSA) is 125 Å². The Kier molecular flexibility index (Phi) is 6.72. The van der Waals surface area contributed by atoms with Gasteiger partial charge in [-0.1, -0.05) is 0 Å². The molecule has 34 heavy (non-hydrogen) atoms. The number of rotatable bonds is 8. The number of anilines is 2. The third kappa shape index (κ3) is 5.28. The summed E-state index contributed by atoms with van der Waals surface area (Å²) in [4.78, 5) is 37.8. The van der Waals surface area contributed by atoms with Gasteiger partial charge in [0.25, 0.3) is 5.91 Å². The standard InChI is InChI=1S/C24H28N4O5S/c1-15-13-19-14-21(9-10-22(19)28(15)16(2)29)34(32,33)26-12-11-25-23(30)17-5-7-20(8-6-17)27-24(31)18-3-4-18/h5-10,14-15,18,26H,3-4,11-13H2,1-2H3,(H,25,30)(H,27,31). The van der Waals surface area contributed by atoms with E-state index in [2.05, 4.69) is 15.4 Å². The number of nitrogens with zero attached hydrogens (tertiary/aromatic N) is 1. The zero-order valence-corrected chi connectivity index (χ0v) is 19.9. The Morgan fingerprint density at radius 1 is 1.03 bits per heavy atom. The second-order valence-corrected chi connectivity index (χ2v) is 10.5. The Morgan fingerprint density at radius 3 is 2.38 bits per heavy atom. The van der Waals surface area contributed by atoms with E-state index in [9.17, 15) is 22.8 Å². The SMILES string of the molecule is CC(=O)N1c2ccc(S(=O)(=O)NCCNC(=O)c3ccc(NC(=O)C4CC4)cc3)cc2CC1C. The van der Waals surface area contributed by atoms with Gasteiger partial charge in [-0.05, 0) is 74.2 Å². The highest BCUT2D eigenvalue weighted by Crippen LogP contribution is 2.34. The number of nitrogens with one attached hydrogen (secondary N) is 3. The number of carbonyl (C=O) groups excluding carboxylic acids is 3. The highest BCUT2D eigenvalue weighted by molar-refractivity contribution is 7.89. The maximum absolute atomic E-state index is 12.7. The summed E-state index contributed by atoms with van der Waals surface area (Å²) in [6.45, 7) is 3.55. The number of benzene rings is 2. The van der Waals surface area contributed by atoms with E-state index < -0.39 is 10.0 Å². The summed E-state index contributed by atoms with van der Waals surface area (Å²) in [5.74, 6) is -0.315. The number of hydrogen-bond donors (Lipinski definition) is 3. The summed E-state index contributed by atoms with van der Waals surface area (Å²) in [5.41, 5.74) is 2.60. The molecular formula is C24H28N4O5S. The molecule has 1 aliphatic heterocycles. The Hall–Kier alpha value is -3.24. The summed E-state index contributed by atoms with van der Waals surface area (Å²) in [6, 6.07) is 11.3. The van der Waals surface area contributed by atoms with Crippen LogP contribution in [0.3, 0.4) is 0 Å². The van der Waals surface area contributed by atoms with Crippen LogP contribution >= 0.6 is 0 Å². The van der Waals surface area contributed by atoms with Gasteiger partial charge in [-0.15, -0.1) is 0 Å². The van der Waals surface area contributed by atoms with Gasteiger partial charge in [-0.25, -0.2) is 13.1 Å². The summed E-state index contributed by atoms with van der Waals surface area (Å²) in [6.07, 6.45) is 2.43. The summed E-state index contributed by atoms with van der Waals surface area (Å²) < 4.78 is 27.9. The average Bonchev–Trinajstić information content (AvgIpc) is 3.58. The summed E-state index contributed by atoms with van der Waals surface area (Å²) in [5, 5.41) is 5.49. The lowest BCUT2D eigenvalue weighted by molar-refractivity contribution is -0.117. The first-order chi connectivity index (χ1) is 16.2. The van der Waals surface area contributed by atoms with Crippen LogP contribution in [0, 0.1) is 5.92 Å². The quantitative estimate of drug-likeness (QED) is 0.495. The molecule has 1 aliphatic carbocycles. The molecule has 2 aromatic rings. The van der Waals surface area contributed by atoms with Crippen LogP contribution in [-0.2, 0) is 26.0 Å². The van der Waals surface area contributed by atoms with Crippen molar-refractivity contribution in [3.63, 3.8) is 0 Å². The van der Waals surface area contributed by atoms with Gasteiger partial charge in [0.2, 0.25) is 21.8 Å². The number of amides is 3. The fourth-order valence-corrected chi connectivity index (χ4v) is 5.18. The minimum atomic E-state index is -3.76. The zero-order chi connectivity index (χ0) is 24.5. The third-order valence-corrected chi connectivity index (χ3v) is 7.44. The van der Waals surface area contributed by atoms with Gasteiger partial charge in [0, 0.05) is 48.9 Å². The molecule has 3 amide bonds. The predicted octanol–water partition coefficient (Wildman–Crippen LogP) is 2.04. The van der Waals surface area contributed by atoms with Crippen LogP contribution in [0.4, 0.5) is 11.4 Å². The Morgan fingerprint density at radius 2 is 1.74 bits per heavy atom. The lowest BCUT2D eigenvalue weighted by atomic mass is 10.1. The molecule has 9 nitrogen and oxygen atoms in total. The van der Waals surface area contributed by atoms with Crippen molar-refractivity contribution in [3.8, 4) is 0 Å². The highest BCUT2D eigenvalue weighted by Gasteiger charge is 2.30. The fraction of sp³-hybridized carbons (Fsp3) is 0.375. The molecule has 3 N–H and O–H groups in total. The highest BCUT2D eigenvalue weighted by atomic mass is 32.2. The first-order valence-corrected chi connectivity index (χ1v) is 12.8. The normalized spacial score (nSPS) is 17.2. The minimum absolute atomic E-state index is 0.00135. The van der Waals surface area contributed by atoms with Gasteiger partial charge in [0.1, 0.15) is 0 Å². The molecule has 1 unspecified atom stereocenters. The van der Waals surface area contributed by atoms with Crippen LogP contribution in [-0.4, -0.2) is 45.3 Å². The molecule has 10 heteroatoms.